The molecule has 6 heteroatoms. The van der Waals surface area contributed by atoms with Gasteiger partial charge in [0.1, 0.15) is 12.1 Å². The second kappa shape index (κ2) is 5.88. The number of carbonyl (C=O) groups excluding carboxylic acids is 1. The molecule has 0 radical (unpaired) electrons. The number of nitrogens with zero attached hydrogens (tertiary/aromatic N) is 3. The van der Waals surface area contributed by atoms with Crippen LogP contribution in [0.1, 0.15) is 28.2 Å². The lowest BCUT2D eigenvalue weighted by atomic mass is 10.2. The van der Waals surface area contributed by atoms with Crippen molar-refractivity contribution in [2.75, 3.05) is 0 Å². The van der Waals surface area contributed by atoms with Gasteiger partial charge in [0.2, 0.25) is 0 Å². The first-order chi connectivity index (χ1) is 10.2. The number of carbonyl (C=O) groups is 1. The minimum absolute atomic E-state index is 0.0117. The Kier molecular flexibility index (Phi) is 3.79. The third-order valence-corrected chi connectivity index (χ3v) is 4.15. The summed E-state index contributed by atoms with van der Waals surface area (Å²) in [7, 11) is 0. The molecular weight excluding hydrogens is 284 g/mol. The fourth-order valence-corrected chi connectivity index (χ4v) is 2.72. The van der Waals surface area contributed by atoms with Crippen molar-refractivity contribution < 1.29 is 4.79 Å². The Hall–Kier alpha value is -2.47. The van der Waals surface area contributed by atoms with Crippen LogP contribution in [0.3, 0.4) is 0 Å². The molecule has 0 aliphatic heterocycles. The Balaban J connectivity index is 1.77. The summed E-state index contributed by atoms with van der Waals surface area (Å²) in [6.07, 6.45) is 6.74. The van der Waals surface area contributed by atoms with Crippen LogP contribution in [0.5, 0.6) is 0 Å². The SMILES string of the molecule is CC(NC(=O)c1ccnc(-n2ccnc2)c1)c1cccs1. The molecule has 3 heterocycles. The van der Waals surface area contributed by atoms with Gasteiger partial charge >= 0.3 is 0 Å². The summed E-state index contributed by atoms with van der Waals surface area (Å²) < 4.78 is 1.76. The van der Waals surface area contributed by atoms with Gasteiger partial charge in [0.25, 0.3) is 5.91 Å². The zero-order valence-corrected chi connectivity index (χ0v) is 12.2. The van der Waals surface area contributed by atoms with Gasteiger partial charge in [-0.25, -0.2) is 9.97 Å². The average molecular weight is 298 g/mol. The molecule has 1 N–H and O–H groups in total. The van der Waals surface area contributed by atoms with Gasteiger partial charge in [-0.3, -0.25) is 9.36 Å². The third kappa shape index (κ3) is 3.00. The molecule has 106 valence electrons. The number of nitrogens with one attached hydrogen (secondary N) is 1. The molecule has 1 amide bonds. The maximum absolute atomic E-state index is 12.3. The molecule has 1 unspecified atom stereocenters. The number of thiophene rings is 1. The van der Waals surface area contributed by atoms with Crippen LogP contribution in [-0.4, -0.2) is 20.4 Å². The highest BCUT2D eigenvalue weighted by Gasteiger charge is 2.13. The normalized spacial score (nSPS) is 12.0. The van der Waals surface area contributed by atoms with Crippen LogP contribution in [-0.2, 0) is 0 Å². The topological polar surface area (TPSA) is 59.8 Å². The Labute approximate surface area is 126 Å². The summed E-state index contributed by atoms with van der Waals surface area (Å²) in [4.78, 5) is 21.7. The van der Waals surface area contributed by atoms with Crippen molar-refractivity contribution in [3.05, 3.63) is 65.0 Å². The van der Waals surface area contributed by atoms with Crippen LogP contribution in [0.15, 0.2) is 54.6 Å². The van der Waals surface area contributed by atoms with Gasteiger partial charge < -0.3 is 5.32 Å². The van der Waals surface area contributed by atoms with E-state index in [-0.39, 0.29) is 11.9 Å². The summed E-state index contributed by atoms with van der Waals surface area (Å²) >= 11 is 1.63. The van der Waals surface area contributed by atoms with Crippen LogP contribution >= 0.6 is 11.3 Å². The van der Waals surface area contributed by atoms with Crippen LogP contribution in [0.25, 0.3) is 5.82 Å². The van der Waals surface area contributed by atoms with Crippen molar-refractivity contribution in [2.45, 2.75) is 13.0 Å². The van der Waals surface area contributed by atoms with Crippen molar-refractivity contribution >= 4 is 17.2 Å². The number of amides is 1. The van der Waals surface area contributed by atoms with E-state index < -0.39 is 0 Å². The molecule has 0 saturated heterocycles. The smallest absolute Gasteiger partial charge is 0.251 e. The predicted molar refractivity (Wildman–Crippen MR) is 81.6 cm³/mol. The first-order valence-corrected chi connectivity index (χ1v) is 7.40. The van der Waals surface area contributed by atoms with Crippen molar-refractivity contribution in [2.24, 2.45) is 0 Å². The summed E-state index contributed by atoms with van der Waals surface area (Å²) in [6.45, 7) is 1.97. The lowest BCUT2D eigenvalue weighted by Gasteiger charge is -2.12. The number of rotatable bonds is 4. The van der Waals surface area contributed by atoms with E-state index in [4.69, 9.17) is 0 Å². The van der Waals surface area contributed by atoms with E-state index in [1.54, 1.807) is 53.0 Å². The van der Waals surface area contributed by atoms with Crippen molar-refractivity contribution in [1.29, 1.82) is 0 Å². The Morgan fingerprint density at radius 2 is 2.29 bits per heavy atom. The van der Waals surface area contributed by atoms with E-state index in [2.05, 4.69) is 15.3 Å². The van der Waals surface area contributed by atoms with Gasteiger partial charge in [0.05, 0.1) is 6.04 Å². The first kappa shape index (κ1) is 13.5. The number of pyridine rings is 1. The molecule has 1 atom stereocenters. The molecular formula is C15H14N4OS. The molecule has 0 aliphatic carbocycles. The van der Waals surface area contributed by atoms with Crippen LogP contribution in [0.2, 0.25) is 0 Å². The summed E-state index contributed by atoms with van der Waals surface area (Å²) in [5, 5.41) is 4.99. The fourth-order valence-electron chi connectivity index (χ4n) is 1.98. The maximum Gasteiger partial charge on any atom is 0.251 e. The molecule has 0 saturated carbocycles. The molecule has 21 heavy (non-hydrogen) atoms. The van der Waals surface area contributed by atoms with Crippen molar-refractivity contribution in [1.82, 2.24) is 19.9 Å². The number of hydrogen-bond donors (Lipinski definition) is 1. The lowest BCUT2D eigenvalue weighted by molar-refractivity contribution is 0.0940. The standard InChI is InChI=1S/C15H14N4OS/c1-11(13-3-2-8-21-13)18-15(20)12-4-5-17-14(9-12)19-7-6-16-10-19/h2-11H,1H3,(H,18,20). The highest BCUT2D eigenvalue weighted by atomic mass is 32.1. The Morgan fingerprint density at radius 1 is 1.38 bits per heavy atom. The largest absolute Gasteiger partial charge is 0.345 e. The van der Waals surface area contributed by atoms with Gasteiger partial charge in [-0.15, -0.1) is 11.3 Å². The minimum Gasteiger partial charge on any atom is -0.345 e. The Morgan fingerprint density at radius 3 is 3.00 bits per heavy atom. The molecule has 3 aromatic rings. The van der Waals surface area contributed by atoms with E-state index in [0.717, 1.165) is 4.88 Å². The molecule has 0 spiro atoms. The quantitative estimate of drug-likeness (QED) is 0.805. The van der Waals surface area contributed by atoms with E-state index >= 15 is 0 Å². The second-order valence-electron chi connectivity index (χ2n) is 4.58. The molecule has 0 bridgehead atoms. The van der Waals surface area contributed by atoms with Gasteiger partial charge in [0.15, 0.2) is 0 Å². The summed E-state index contributed by atoms with van der Waals surface area (Å²) in [5.74, 6) is 0.559. The van der Waals surface area contributed by atoms with E-state index in [1.807, 2.05) is 24.4 Å². The van der Waals surface area contributed by atoms with Crippen molar-refractivity contribution in [3.8, 4) is 5.82 Å². The summed E-state index contributed by atoms with van der Waals surface area (Å²) in [6, 6.07) is 7.43. The van der Waals surface area contributed by atoms with Gasteiger partial charge in [-0.2, -0.15) is 0 Å². The third-order valence-electron chi connectivity index (χ3n) is 3.09. The molecule has 3 aromatic heterocycles. The molecule has 0 aliphatic rings. The van der Waals surface area contributed by atoms with Gasteiger partial charge in [-0.05, 0) is 30.5 Å². The maximum atomic E-state index is 12.3. The fraction of sp³-hybridized carbons (Fsp3) is 0.133. The highest BCUT2D eigenvalue weighted by Crippen LogP contribution is 2.18. The lowest BCUT2D eigenvalue weighted by Crippen LogP contribution is -2.26. The molecule has 0 aromatic carbocycles. The Bertz CT molecular complexity index is 722. The molecule has 0 fully saturated rings. The van der Waals surface area contributed by atoms with Crippen molar-refractivity contribution in [3.63, 3.8) is 0 Å². The monoisotopic (exact) mass is 298 g/mol. The van der Waals surface area contributed by atoms with Crippen LogP contribution < -0.4 is 5.32 Å². The number of hydrogen-bond acceptors (Lipinski definition) is 4. The van der Waals surface area contributed by atoms with E-state index in [9.17, 15) is 4.79 Å². The molecule has 3 rings (SSSR count). The zero-order chi connectivity index (χ0) is 14.7. The molecule has 5 nitrogen and oxygen atoms in total. The predicted octanol–water partition coefficient (Wildman–Crippen LogP) is 2.82. The number of imidazole rings is 1. The average Bonchev–Trinajstić information content (AvgIpc) is 3.20. The zero-order valence-electron chi connectivity index (χ0n) is 11.4. The minimum atomic E-state index is -0.111. The van der Waals surface area contributed by atoms with Crippen LogP contribution in [0, 0.1) is 0 Å². The van der Waals surface area contributed by atoms with Gasteiger partial charge in [0, 0.05) is 29.0 Å². The first-order valence-electron chi connectivity index (χ1n) is 6.52. The van der Waals surface area contributed by atoms with E-state index in [1.165, 1.54) is 0 Å². The highest BCUT2D eigenvalue weighted by molar-refractivity contribution is 7.10. The van der Waals surface area contributed by atoms with Crippen LogP contribution in [0.4, 0.5) is 0 Å². The van der Waals surface area contributed by atoms with E-state index in [0.29, 0.717) is 11.4 Å². The summed E-state index contributed by atoms with van der Waals surface area (Å²) in [5.41, 5.74) is 0.581. The second-order valence-corrected chi connectivity index (χ2v) is 5.56. The van der Waals surface area contributed by atoms with Gasteiger partial charge in [-0.1, -0.05) is 6.07 Å². The number of aromatic nitrogens is 3.